The lowest BCUT2D eigenvalue weighted by Crippen LogP contribution is -2.46. The summed E-state index contributed by atoms with van der Waals surface area (Å²) in [5, 5.41) is 0. The highest BCUT2D eigenvalue weighted by Crippen LogP contribution is 2.16. The molecule has 88 valence electrons. The van der Waals surface area contributed by atoms with Gasteiger partial charge in [-0.2, -0.15) is 0 Å². The van der Waals surface area contributed by atoms with Gasteiger partial charge in [0.25, 0.3) is 0 Å². The Hall–Kier alpha value is -0.930. The summed E-state index contributed by atoms with van der Waals surface area (Å²) in [7, 11) is 0. The molecule has 1 aliphatic heterocycles. The first kappa shape index (κ1) is 11.6. The van der Waals surface area contributed by atoms with Crippen LogP contribution < -0.4 is 5.73 Å². The molecular formula is C13H21N3. The molecule has 2 N–H and O–H groups in total. The molecule has 0 saturated carbocycles. The summed E-state index contributed by atoms with van der Waals surface area (Å²) >= 11 is 0. The van der Waals surface area contributed by atoms with Gasteiger partial charge in [0.05, 0.1) is 0 Å². The normalized spacial score (nSPS) is 26.9. The fourth-order valence-electron chi connectivity index (χ4n) is 2.41. The predicted molar refractivity (Wildman–Crippen MR) is 66.2 cm³/mol. The quantitative estimate of drug-likeness (QED) is 0.836. The highest BCUT2D eigenvalue weighted by Gasteiger charge is 2.22. The third-order valence-corrected chi connectivity index (χ3v) is 3.49. The molecule has 0 bridgehead atoms. The lowest BCUT2D eigenvalue weighted by Gasteiger charge is -2.36. The van der Waals surface area contributed by atoms with Crippen molar-refractivity contribution in [2.24, 2.45) is 5.73 Å². The Morgan fingerprint density at radius 3 is 2.88 bits per heavy atom. The zero-order valence-corrected chi connectivity index (χ0v) is 9.97. The molecule has 0 aromatic carbocycles. The smallest absolute Gasteiger partial charge is 0.0270 e. The number of pyridine rings is 1. The molecule has 0 amide bonds. The maximum absolute atomic E-state index is 5.96. The number of hydrogen-bond acceptors (Lipinski definition) is 3. The van der Waals surface area contributed by atoms with Crippen molar-refractivity contribution >= 4 is 0 Å². The van der Waals surface area contributed by atoms with Crippen LogP contribution in [0.1, 0.15) is 25.3 Å². The van der Waals surface area contributed by atoms with Gasteiger partial charge in [0, 0.05) is 31.0 Å². The van der Waals surface area contributed by atoms with E-state index in [0.29, 0.717) is 12.1 Å². The molecule has 0 radical (unpaired) electrons. The molecule has 1 aromatic heterocycles. The highest BCUT2D eigenvalue weighted by molar-refractivity contribution is 5.10. The first-order valence-electron chi connectivity index (χ1n) is 6.14. The van der Waals surface area contributed by atoms with Crippen molar-refractivity contribution in [3.63, 3.8) is 0 Å². The topological polar surface area (TPSA) is 42.1 Å². The van der Waals surface area contributed by atoms with Crippen molar-refractivity contribution in [2.75, 3.05) is 13.1 Å². The van der Waals surface area contributed by atoms with Crippen LogP contribution in [0.5, 0.6) is 0 Å². The molecule has 2 heterocycles. The summed E-state index contributed by atoms with van der Waals surface area (Å²) in [5.41, 5.74) is 7.33. The number of likely N-dealkylation sites (tertiary alicyclic amines) is 1. The molecule has 16 heavy (non-hydrogen) atoms. The lowest BCUT2D eigenvalue weighted by atomic mass is 9.98. The molecule has 0 aliphatic carbocycles. The number of nitrogens with zero attached hydrogens (tertiary/aromatic N) is 2. The molecule has 2 unspecified atom stereocenters. The van der Waals surface area contributed by atoms with Crippen LogP contribution in [-0.2, 0) is 6.42 Å². The van der Waals surface area contributed by atoms with Crippen molar-refractivity contribution in [2.45, 2.75) is 38.3 Å². The summed E-state index contributed by atoms with van der Waals surface area (Å²) in [5.74, 6) is 0. The van der Waals surface area contributed by atoms with E-state index >= 15 is 0 Å². The Morgan fingerprint density at radius 1 is 1.44 bits per heavy atom. The maximum Gasteiger partial charge on any atom is 0.0270 e. The Labute approximate surface area is 97.7 Å². The number of rotatable bonds is 3. The fraction of sp³-hybridized carbons (Fsp3) is 0.615. The number of nitrogens with two attached hydrogens (primary N) is 1. The van der Waals surface area contributed by atoms with Crippen LogP contribution in [0.3, 0.4) is 0 Å². The van der Waals surface area contributed by atoms with Gasteiger partial charge in [0.2, 0.25) is 0 Å². The van der Waals surface area contributed by atoms with Gasteiger partial charge in [-0.25, -0.2) is 0 Å². The summed E-state index contributed by atoms with van der Waals surface area (Å²) in [6, 6.07) is 5.23. The molecule has 3 heteroatoms. The molecule has 0 spiro atoms. The van der Waals surface area contributed by atoms with Crippen molar-refractivity contribution in [1.29, 1.82) is 0 Å². The molecule has 2 atom stereocenters. The zero-order valence-electron chi connectivity index (χ0n) is 9.97. The van der Waals surface area contributed by atoms with Gasteiger partial charge < -0.3 is 10.6 Å². The minimum absolute atomic E-state index is 0.409. The molecule has 2 rings (SSSR count). The van der Waals surface area contributed by atoms with Crippen LogP contribution in [0.4, 0.5) is 0 Å². The summed E-state index contributed by atoms with van der Waals surface area (Å²) < 4.78 is 0. The second kappa shape index (κ2) is 5.41. The third kappa shape index (κ3) is 3.03. The lowest BCUT2D eigenvalue weighted by molar-refractivity contribution is 0.149. The van der Waals surface area contributed by atoms with E-state index < -0.39 is 0 Å². The van der Waals surface area contributed by atoms with Gasteiger partial charge >= 0.3 is 0 Å². The third-order valence-electron chi connectivity index (χ3n) is 3.49. The number of hydrogen-bond donors (Lipinski definition) is 1. The van der Waals surface area contributed by atoms with E-state index in [4.69, 9.17) is 5.73 Å². The minimum Gasteiger partial charge on any atom is -0.328 e. The van der Waals surface area contributed by atoms with Crippen molar-refractivity contribution in [3.05, 3.63) is 30.1 Å². The van der Waals surface area contributed by atoms with E-state index in [1.54, 1.807) is 0 Å². The van der Waals surface area contributed by atoms with Crippen LogP contribution in [0.25, 0.3) is 0 Å². The Balaban J connectivity index is 1.82. The second-order valence-electron chi connectivity index (χ2n) is 4.77. The molecule has 1 saturated heterocycles. The van der Waals surface area contributed by atoms with Crippen LogP contribution in [-0.4, -0.2) is 35.1 Å². The first-order valence-corrected chi connectivity index (χ1v) is 6.14. The minimum atomic E-state index is 0.409. The average Bonchev–Trinajstić information content (AvgIpc) is 2.29. The number of aromatic nitrogens is 1. The average molecular weight is 219 g/mol. The van der Waals surface area contributed by atoms with Crippen LogP contribution in [0.2, 0.25) is 0 Å². The maximum atomic E-state index is 5.96. The van der Waals surface area contributed by atoms with Crippen LogP contribution in [0.15, 0.2) is 24.5 Å². The Kier molecular flexibility index (Phi) is 3.91. The van der Waals surface area contributed by atoms with Crippen LogP contribution >= 0.6 is 0 Å². The molecule has 1 aromatic rings. The molecule has 1 fully saturated rings. The van der Waals surface area contributed by atoms with E-state index in [1.807, 2.05) is 12.4 Å². The van der Waals surface area contributed by atoms with Gasteiger partial charge in [-0.15, -0.1) is 0 Å². The molecule has 1 aliphatic rings. The van der Waals surface area contributed by atoms with Gasteiger partial charge in [-0.05, 0) is 50.4 Å². The van der Waals surface area contributed by atoms with Crippen molar-refractivity contribution < 1.29 is 0 Å². The van der Waals surface area contributed by atoms with Gasteiger partial charge in [0.15, 0.2) is 0 Å². The summed E-state index contributed by atoms with van der Waals surface area (Å²) in [6.45, 7) is 4.57. The highest BCUT2D eigenvalue weighted by atomic mass is 15.2. The Bertz CT molecular complexity index is 312. The van der Waals surface area contributed by atoms with Gasteiger partial charge in [-0.1, -0.05) is 0 Å². The van der Waals surface area contributed by atoms with E-state index in [0.717, 1.165) is 32.4 Å². The molecule has 3 nitrogen and oxygen atoms in total. The largest absolute Gasteiger partial charge is 0.328 e. The van der Waals surface area contributed by atoms with E-state index in [9.17, 15) is 0 Å². The van der Waals surface area contributed by atoms with Gasteiger partial charge in [-0.3, -0.25) is 4.98 Å². The van der Waals surface area contributed by atoms with E-state index in [1.165, 1.54) is 5.56 Å². The standard InChI is InChI=1S/C13H21N3/c1-11-10-13(14)5-9-16(11)8-4-12-2-6-15-7-3-12/h2-3,6-7,11,13H,4-5,8-10,14H2,1H3. The number of piperidine rings is 1. The summed E-state index contributed by atoms with van der Waals surface area (Å²) in [4.78, 5) is 6.58. The second-order valence-corrected chi connectivity index (χ2v) is 4.77. The van der Waals surface area contributed by atoms with Crippen molar-refractivity contribution in [1.82, 2.24) is 9.88 Å². The van der Waals surface area contributed by atoms with Crippen molar-refractivity contribution in [3.8, 4) is 0 Å². The van der Waals surface area contributed by atoms with E-state index in [2.05, 4.69) is 28.9 Å². The monoisotopic (exact) mass is 219 g/mol. The van der Waals surface area contributed by atoms with Gasteiger partial charge in [0.1, 0.15) is 0 Å². The first-order chi connectivity index (χ1) is 7.75. The molecular weight excluding hydrogens is 198 g/mol. The zero-order chi connectivity index (χ0) is 11.4. The summed E-state index contributed by atoms with van der Waals surface area (Å²) in [6.07, 6.45) is 7.12. The van der Waals surface area contributed by atoms with E-state index in [-0.39, 0.29) is 0 Å². The SMILES string of the molecule is CC1CC(N)CCN1CCc1ccncc1. The predicted octanol–water partition coefficient (Wildman–Crippen LogP) is 1.44. The fourth-order valence-corrected chi connectivity index (χ4v) is 2.41. The Morgan fingerprint density at radius 2 is 2.19 bits per heavy atom. The van der Waals surface area contributed by atoms with Crippen LogP contribution in [0, 0.1) is 0 Å².